The summed E-state index contributed by atoms with van der Waals surface area (Å²) in [7, 11) is 0. The molecule has 0 radical (unpaired) electrons. The Balaban J connectivity index is 1.49. The van der Waals surface area contributed by atoms with Gasteiger partial charge < -0.3 is 25.8 Å². The number of amides is 2. The van der Waals surface area contributed by atoms with Gasteiger partial charge in [-0.1, -0.05) is 12.1 Å². The molecule has 35 heavy (non-hydrogen) atoms. The van der Waals surface area contributed by atoms with E-state index in [1.54, 1.807) is 23.4 Å². The van der Waals surface area contributed by atoms with Crippen molar-refractivity contribution in [2.24, 2.45) is 0 Å². The fourth-order valence-electron chi connectivity index (χ4n) is 3.69. The van der Waals surface area contributed by atoms with Gasteiger partial charge in [0.2, 0.25) is 0 Å². The second-order valence-corrected chi connectivity index (χ2v) is 9.32. The molecule has 4 rings (SSSR count). The van der Waals surface area contributed by atoms with E-state index >= 15 is 0 Å². The molecule has 1 aliphatic heterocycles. The van der Waals surface area contributed by atoms with Crippen molar-refractivity contribution in [2.75, 3.05) is 31.5 Å². The van der Waals surface area contributed by atoms with Crippen LogP contribution in [-0.2, 0) is 4.79 Å². The molecule has 0 spiro atoms. The molecule has 0 atom stereocenters. The highest BCUT2D eigenvalue weighted by Gasteiger charge is 2.21. The van der Waals surface area contributed by atoms with Crippen molar-refractivity contribution in [3.05, 3.63) is 53.4 Å². The largest absolute Gasteiger partial charge is 0.347 e. The second kappa shape index (κ2) is 9.95. The highest BCUT2D eigenvalue weighted by molar-refractivity contribution is 6.05. The summed E-state index contributed by atoms with van der Waals surface area (Å²) in [5.41, 5.74) is 2.64. The Labute approximate surface area is 203 Å². The molecule has 0 bridgehead atoms. The smallest absolute Gasteiger partial charge is 0.264 e. The molecule has 1 fully saturated rings. The number of hydrogen-bond donors (Lipinski definition) is 4. The number of rotatable bonds is 5. The van der Waals surface area contributed by atoms with Gasteiger partial charge in [-0.05, 0) is 44.5 Å². The lowest BCUT2D eigenvalue weighted by Crippen LogP contribution is -2.46. The van der Waals surface area contributed by atoms with E-state index in [1.807, 2.05) is 51.1 Å². The molecule has 180 valence electrons. The van der Waals surface area contributed by atoms with E-state index in [4.69, 9.17) is 0 Å². The van der Waals surface area contributed by atoms with Crippen LogP contribution in [0.2, 0.25) is 0 Å². The Morgan fingerprint density at radius 1 is 1.17 bits per heavy atom. The fraction of sp³-hybridized carbons (Fsp3) is 0.320. The number of nitriles is 1. The SMILES string of the molecule is CC(C)(C)NC(=O)c1c[nH]c2ncc(Nc3ccc(/C=C(\C#N)C(=O)N4CCNCC4)cc3)nc12. The van der Waals surface area contributed by atoms with Crippen LogP contribution in [0.15, 0.2) is 42.2 Å². The topological polar surface area (TPSA) is 139 Å². The zero-order valence-corrected chi connectivity index (χ0v) is 20.0. The normalized spacial score (nSPS) is 14.5. The van der Waals surface area contributed by atoms with Crippen molar-refractivity contribution in [3.8, 4) is 6.07 Å². The molecular formula is C25H28N8O2. The van der Waals surface area contributed by atoms with Gasteiger partial charge >= 0.3 is 0 Å². The number of carbonyl (C=O) groups excluding carboxylic acids is 2. The molecule has 3 heterocycles. The van der Waals surface area contributed by atoms with E-state index in [0.29, 0.717) is 35.6 Å². The minimum Gasteiger partial charge on any atom is -0.347 e. The molecule has 1 aromatic carbocycles. The third-order valence-electron chi connectivity index (χ3n) is 5.36. The highest BCUT2D eigenvalue weighted by atomic mass is 16.2. The summed E-state index contributed by atoms with van der Waals surface area (Å²) in [6.45, 7) is 8.38. The number of hydrogen-bond acceptors (Lipinski definition) is 7. The Kier molecular flexibility index (Phi) is 6.80. The molecule has 0 saturated carbocycles. The van der Waals surface area contributed by atoms with Crippen molar-refractivity contribution in [2.45, 2.75) is 26.3 Å². The monoisotopic (exact) mass is 472 g/mol. The summed E-state index contributed by atoms with van der Waals surface area (Å²) in [5.74, 6) is 0.00406. The van der Waals surface area contributed by atoms with Gasteiger partial charge in [-0.25, -0.2) is 9.97 Å². The van der Waals surface area contributed by atoms with Crippen LogP contribution in [0, 0.1) is 11.3 Å². The van der Waals surface area contributed by atoms with Crippen LogP contribution >= 0.6 is 0 Å². The first-order chi connectivity index (χ1) is 16.7. The van der Waals surface area contributed by atoms with Crippen molar-refractivity contribution in [1.82, 2.24) is 30.5 Å². The summed E-state index contributed by atoms with van der Waals surface area (Å²) in [4.78, 5) is 38.8. The second-order valence-electron chi connectivity index (χ2n) is 9.32. The van der Waals surface area contributed by atoms with Crippen molar-refractivity contribution in [1.29, 1.82) is 5.26 Å². The number of fused-ring (bicyclic) bond motifs is 1. The lowest BCUT2D eigenvalue weighted by atomic mass is 10.1. The van der Waals surface area contributed by atoms with Gasteiger partial charge in [0.25, 0.3) is 11.8 Å². The Morgan fingerprint density at radius 2 is 1.89 bits per heavy atom. The molecule has 1 saturated heterocycles. The molecule has 10 nitrogen and oxygen atoms in total. The van der Waals surface area contributed by atoms with E-state index < -0.39 is 0 Å². The van der Waals surface area contributed by atoms with Crippen LogP contribution in [0.25, 0.3) is 17.2 Å². The lowest BCUT2D eigenvalue weighted by Gasteiger charge is -2.27. The molecule has 0 aliphatic carbocycles. The van der Waals surface area contributed by atoms with Crippen LogP contribution in [0.3, 0.4) is 0 Å². The van der Waals surface area contributed by atoms with Crippen molar-refractivity contribution in [3.63, 3.8) is 0 Å². The third kappa shape index (κ3) is 5.83. The van der Waals surface area contributed by atoms with Crippen molar-refractivity contribution < 1.29 is 9.59 Å². The summed E-state index contributed by atoms with van der Waals surface area (Å²) in [5, 5.41) is 18.8. The molecule has 10 heteroatoms. The first-order valence-corrected chi connectivity index (χ1v) is 11.4. The van der Waals surface area contributed by atoms with Gasteiger partial charge in [0.15, 0.2) is 5.65 Å². The molecule has 2 amide bonds. The average Bonchev–Trinajstić information content (AvgIpc) is 3.26. The van der Waals surface area contributed by atoms with Crippen LogP contribution in [-0.4, -0.2) is 63.4 Å². The summed E-state index contributed by atoms with van der Waals surface area (Å²) >= 11 is 0. The standard InChI is InChI=1S/C25H28N8O2/c1-25(2,3)32-23(34)19-14-28-22-21(19)31-20(15-29-22)30-18-6-4-16(5-7-18)12-17(13-26)24(35)33-10-8-27-9-11-33/h4-7,12,14-15,27H,8-11H2,1-3H3,(H,28,29)(H,30,31)(H,32,34)/b17-12+. The Morgan fingerprint density at radius 3 is 2.54 bits per heavy atom. The zero-order valence-electron chi connectivity index (χ0n) is 20.0. The molecule has 1 aliphatic rings. The first kappa shape index (κ1) is 23.9. The molecule has 0 unspecified atom stereocenters. The average molecular weight is 473 g/mol. The number of piperazine rings is 1. The number of nitrogens with zero attached hydrogens (tertiary/aromatic N) is 4. The van der Waals surface area contributed by atoms with Crippen LogP contribution in [0.1, 0.15) is 36.7 Å². The van der Waals surface area contributed by atoms with Crippen LogP contribution in [0.4, 0.5) is 11.5 Å². The Bertz CT molecular complexity index is 1310. The molecule has 4 N–H and O–H groups in total. The minimum absolute atomic E-state index is 0.109. The van der Waals surface area contributed by atoms with Gasteiger partial charge in [-0.2, -0.15) is 5.26 Å². The van der Waals surface area contributed by atoms with Crippen molar-refractivity contribution >= 4 is 40.6 Å². The summed E-state index contributed by atoms with van der Waals surface area (Å²) in [6, 6.07) is 9.31. The third-order valence-corrected chi connectivity index (χ3v) is 5.36. The Hall–Kier alpha value is -4.23. The quantitative estimate of drug-likeness (QED) is 0.331. The highest BCUT2D eigenvalue weighted by Crippen LogP contribution is 2.21. The maximum absolute atomic E-state index is 12.6. The van der Waals surface area contributed by atoms with E-state index in [2.05, 4.69) is 30.9 Å². The van der Waals surface area contributed by atoms with Gasteiger partial charge in [-0.3, -0.25) is 9.59 Å². The maximum Gasteiger partial charge on any atom is 0.264 e. The van der Waals surface area contributed by atoms with Crippen LogP contribution < -0.4 is 16.0 Å². The lowest BCUT2D eigenvalue weighted by molar-refractivity contribution is -0.127. The van der Waals surface area contributed by atoms with E-state index in [-0.39, 0.29) is 22.9 Å². The summed E-state index contributed by atoms with van der Waals surface area (Å²) < 4.78 is 0. The van der Waals surface area contributed by atoms with E-state index in [9.17, 15) is 14.9 Å². The fourth-order valence-corrected chi connectivity index (χ4v) is 3.69. The first-order valence-electron chi connectivity index (χ1n) is 11.4. The van der Waals surface area contributed by atoms with Gasteiger partial charge in [0, 0.05) is 43.6 Å². The minimum atomic E-state index is -0.374. The zero-order chi connectivity index (χ0) is 25.0. The predicted molar refractivity (Wildman–Crippen MR) is 134 cm³/mol. The number of benzene rings is 1. The van der Waals surface area contributed by atoms with Gasteiger partial charge in [-0.15, -0.1) is 0 Å². The van der Waals surface area contributed by atoms with E-state index in [0.717, 1.165) is 24.3 Å². The number of aromatic nitrogens is 3. The number of anilines is 2. The van der Waals surface area contributed by atoms with E-state index in [1.165, 1.54) is 0 Å². The number of carbonyl (C=O) groups is 2. The van der Waals surface area contributed by atoms with Gasteiger partial charge in [0.1, 0.15) is 23.0 Å². The molecule has 3 aromatic rings. The van der Waals surface area contributed by atoms with Gasteiger partial charge in [0.05, 0.1) is 11.8 Å². The predicted octanol–water partition coefficient (Wildman–Crippen LogP) is 2.57. The number of H-pyrrole nitrogens is 1. The van der Waals surface area contributed by atoms with Crippen LogP contribution in [0.5, 0.6) is 0 Å². The molecule has 2 aromatic heterocycles. The summed E-state index contributed by atoms with van der Waals surface area (Å²) in [6.07, 6.45) is 4.78. The number of nitrogens with one attached hydrogen (secondary N) is 4. The number of aromatic amines is 1. The maximum atomic E-state index is 12.6. The molecular weight excluding hydrogens is 444 g/mol.